The summed E-state index contributed by atoms with van der Waals surface area (Å²) >= 11 is 1.50. The highest BCUT2D eigenvalue weighted by Gasteiger charge is 2.28. The standard InChI is InChI=1S/C15H17N7O2S/c1-8-17-12-7-21(6-11(12)13(23)20(8)3)14(24)16-4-10-5-22-15(18-10)25-9(2)19-22/h5H,4,6-7H2,1-3H3,(H,16,24). The average molecular weight is 359 g/mol. The van der Waals surface area contributed by atoms with E-state index in [2.05, 4.69) is 20.4 Å². The van der Waals surface area contributed by atoms with Crippen molar-refractivity contribution in [2.75, 3.05) is 0 Å². The molecule has 9 nitrogen and oxygen atoms in total. The van der Waals surface area contributed by atoms with Gasteiger partial charge in [-0.1, -0.05) is 11.3 Å². The first-order chi connectivity index (χ1) is 11.9. The maximum absolute atomic E-state index is 12.4. The first-order valence-corrected chi connectivity index (χ1v) is 8.64. The van der Waals surface area contributed by atoms with E-state index < -0.39 is 0 Å². The van der Waals surface area contributed by atoms with Crippen LogP contribution in [0.4, 0.5) is 4.79 Å². The molecule has 3 aromatic rings. The van der Waals surface area contributed by atoms with E-state index in [1.165, 1.54) is 15.9 Å². The van der Waals surface area contributed by atoms with Crippen LogP contribution in [0.2, 0.25) is 0 Å². The Balaban J connectivity index is 1.44. The number of hydrogen-bond acceptors (Lipinski definition) is 6. The topological polar surface area (TPSA) is 97.4 Å². The number of carbonyl (C=O) groups excluding carboxylic acids is 1. The fourth-order valence-corrected chi connectivity index (χ4v) is 3.62. The van der Waals surface area contributed by atoms with Crippen LogP contribution >= 0.6 is 11.3 Å². The molecule has 0 bridgehead atoms. The summed E-state index contributed by atoms with van der Waals surface area (Å²) in [5.41, 5.74) is 1.92. The van der Waals surface area contributed by atoms with Gasteiger partial charge in [-0.15, -0.1) is 0 Å². The number of aryl methyl sites for hydroxylation is 2. The normalized spacial score (nSPS) is 13.5. The zero-order valence-electron chi connectivity index (χ0n) is 14.1. The third-order valence-corrected chi connectivity index (χ3v) is 5.12. The number of aromatic nitrogens is 5. The Labute approximate surface area is 146 Å². The molecule has 10 heteroatoms. The highest BCUT2D eigenvalue weighted by Crippen LogP contribution is 2.18. The van der Waals surface area contributed by atoms with Crippen LogP contribution in [0.15, 0.2) is 11.0 Å². The van der Waals surface area contributed by atoms with Crippen molar-refractivity contribution < 1.29 is 4.79 Å². The molecule has 0 saturated heterocycles. The molecule has 2 amide bonds. The summed E-state index contributed by atoms with van der Waals surface area (Å²) in [6.07, 6.45) is 1.80. The van der Waals surface area contributed by atoms with Crippen LogP contribution in [-0.2, 0) is 26.7 Å². The Morgan fingerprint density at radius 1 is 1.32 bits per heavy atom. The maximum atomic E-state index is 12.4. The van der Waals surface area contributed by atoms with Crippen LogP contribution in [0.3, 0.4) is 0 Å². The molecule has 0 aliphatic carbocycles. The van der Waals surface area contributed by atoms with Gasteiger partial charge in [-0.2, -0.15) is 5.10 Å². The molecule has 4 rings (SSSR count). The molecular formula is C15H17N7O2S. The summed E-state index contributed by atoms with van der Waals surface area (Å²) in [7, 11) is 1.69. The van der Waals surface area contributed by atoms with Crippen molar-refractivity contribution in [2.24, 2.45) is 7.05 Å². The lowest BCUT2D eigenvalue weighted by atomic mass is 10.2. The van der Waals surface area contributed by atoms with Gasteiger partial charge < -0.3 is 10.2 Å². The van der Waals surface area contributed by atoms with Gasteiger partial charge in [-0.3, -0.25) is 9.36 Å². The SMILES string of the molecule is Cc1nn2cc(CNC(=O)N3Cc4nc(C)n(C)c(=O)c4C3)nc2s1. The lowest BCUT2D eigenvalue weighted by Crippen LogP contribution is -2.36. The summed E-state index contributed by atoms with van der Waals surface area (Å²) < 4.78 is 3.22. The Kier molecular flexibility index (Phi) is 3.57. The Morgan fingerprint density at radius 3 is 2.88 bits per heavy atom. The van der Waals surface area contributed by atoms with Crippen LogP contribution in [0, 0.1) is 13.8 Å². The smallest absolute Gasteiger partial charge is 0.318 e. The van der Waals surface area contributed by atoms with E-state index in [1.807, 2.05) is 6.92 Å². The van der Waals surface area contributed by atoms with E-state index in [0.29, 0.717) is 30.2 Å². The van der Waals surface area contributed by atoms with Crippen molar-refractivity contribution in [3.63, 3.8) is 0 Å². The number of rotatable bonds is 2. The van der Waals surface area contributed by atoms with Gasteiger partial charge in [-0.25, -0.2) is 19.3 Å². The molecule has 0 aromatic carbocycles. The van der Waals surface area contributed by atoms with Crippen LogP contribution < -0.4 is 10.9 Å². The molecule has 3 aromatic heterocycles. The zero-order chi connectivity index (χ0) is 17.7. The van der Waals surface area contributed by atoms with Gasteiger partial charge >= 0.3 is 6.03 Å². The number of amides is 2. The van der Waals surface area contributed by atoms with Crippen molar-refractivity contribution in [3.05, 3.63) is 44.3 Å². The van der Waals surface area contributed by atoms with Crippen LogP contribution in [-0.4, -0.2) is 35.1 Å². The molecular weight excluding hydrogens is 342 g/mol. The van der Waals surface area contributed by atoms with Crippen LogP contribution in [0.1, 0.15) is 27.8 Å². The molecule has 0 unspecified atom stereocenters. The van der Waals surface area contributed by atoms with Crippen molar-refractivity contribution >= 4 is 22.3 Å². The number of carbonyl (C=O) groups is 1. The van der Waals surface area contributed by atoms with Crippen molar-refractivity contribution in [1.82, 2.24) is 34.4 Å². The molecule has 130 valence electrons. The van der Waals surface area contributed by atoms with Gasteiger partial charge in [0.2, 0.25) is 4.96 Å². The van der Waals surface area contributed by atoms with Crippen molar-refractivity contribution in [3.8, 4) is 0 Å². The van der Waals surface area contributed by atoms with E-state index in [0.717, 1.165) is 15.7 Å². The summed E-state index contributed by atoms with van der Waals surface area (Å²) in [6, 6.07) is -0.238. The Morgan fingerprint density at radius 2 is 2.12 bits per heavy atom. The molecule has 0 fully saturated rings. The van der Waals surface area contributed by atoms with Crippen molar-refractivity contribution in [1.29, 1.82) is 0 Å². The fraction of sp³-hybridized carbons (Fsp3) is 0.400. The van der Waals surface area contributed by atoms with Gasteiger partial charge in [0.25, 0.3) is 5.56 Å². The van der Waals surface area contributed by atoms with Crippen LogP contribution in [0.25, 0.3) is 4.96 Å². The van der Waals surface area contributed by atoms with Crippen LogP contribution in [0.5, 0.6) is 0 Å². The van der Waals surface area contributed by atoms with E-state index in [1.54, 1.807) is 29.6 Å². The molecule has 25 heavy (non-hydrogen) atoms. The van der Waals surface area contributed by atoms with Gasteiger partial charge in [0.1, 0.15) is 10.8 Å². The fourth-order valence-electron chi connectivity index (χ4n) is 2.88. The van der Waals surface area contributed by atoms with E-state index >= 15 is 0 Å². The van der Waals surface area contributed by atoms with Gasteiger partial charge in [0, 0.05) is 7.05 Å². The minimum absolute atomic E-state index is 0.0893. The number of nitrogens with one attached hydrogen (secondary N) is 1. The second-order valence-electron chi connectivity index (χ2n) is 6.04. The first kappa shape index (κ1) is 15.8. The van der Waals surface area contributed by atoms with E-state index in [4.69, 9.17) is 0 Å². The highest BCUT2D eigenvalue weighted by atomic mass is 32.1. The van der Waals surface area contributed by atoms with Gasteiger partial charge in [0.05, 0.1) is 42.8 Å². The molecule has 1 aliphatic heterocycles. The molecule has 0 radical (unpaired) electrons. The lowest BCUT2D eigenvalue weighted by molar-refractivity contribution is 0.197. The highest BCUT2D eigenvalue weighted by molar-refractivity contribution is 7.16. The minimum Gasteiger partial charge on any atom is -0.332 e. The minimum atomic E-state index is -0.238. The number of imidazole rings is 1. The van der Waals surface area contributed by atoms with Gasteiger partial charge in [0.15, 0.2) is 0 Å². The van der Waals surface area contributed by atoms with Crippen molar-refractivity contribution in [2.45, 2.75) is 33.5 Å². The predicted octanol–water partition coefficient (Wildman–Crippen LogP) is 0.727. The number of fused-ring (bicyclic) bond motifs is 2. The lowest BCUT2D eigenvalue weighted by Gasteiger charge is -2.15. The summed E-state index contributed by atoms with van der Waals surface area (Å²) in [5.74, 6) is 0.645. The second-order valence-corrected chi connectivity index (χ2v) is 7.20. The summed E-state index contributed by atoms with van der Waals surface area (Å²) in [6.45, 7) is 4.64. The average Bonchev–Trinajstić information content (AvgIpc) is 3.23. The largest absolute Gasteiger partial charge is 0.332 e. The third kappa shape index (κ3) is 2.68. The zero-order valence-corrected chi connectivity index (χ0v) is 14.9. The number of urea groups is 1. The molecule has 1 N–H and O–H groups in total. The summed E-state index contributed by atoms with van der Waals surface area (Å²) in [5, 5.41) is 8.08. The monoisotopic (exact) mass is 359 g/mol. The Bertz CT molecular complexity index is 1020. The molecule has 0 atom stereocenters. The van der Waals surface area contributed by atoms with E-state index in [9.17, 15) is 9.59 Å². The Hall–Kier alpha value is -2.75. The number of hydrogen-bond donors (Lipinski definition) is 1. The maximum Gasteiger partial charge on any atom is 0.318 e. The van der Waals surface area contributed by atoms with Gasteiger partial charge in [-0.05, 0) is 13.8 Å². The third-order valence-electron chi connectivity index (χ3n) is 4.28. The predicted molar refractivity (Wildman–Crippen MR) is 91.3 cm³/mol. The number of nitrogens with zero attached hydrogens (tertiary/aromatic N) is 6. The van der Waals surface area contributed by atoms with E-state index in [-0.39, 0.29) is 18.1 Å². The second kappa shape index (κ2) is 5.66. The molecule has 0 spiro atoms. The quantitative estimate of drug-likeness (QED) is 0.727. The molecule has 0 saturated carbocycles. The summed E-state index contributed by atoms with van der Waals surface area (Å²) in [4.78, 5) is 35.9. The molecule has 4 heterocycles. The molecule has 1 aliphatic rings. The first-order valence-electron chi connectivity index (χ1n) is 7.82.